The fourth-order valence-electron chi connectivity index (χ4n) is 3.24. The van der Waals surface area contributed by atoms with Gasteiger partial charge in [-0.1, -0.05) is 19.8 Å². The Bertz CT molecular complexity index is 247. The van der Waals surface area contributed by atoms with Crippen LogP contribution < -0.4 is 10.6 Å². The summed E-state index contributed by atoms with van der Waals surface area (Å²) in [5, 5.41) is 6.51. The van der Waals surface area contributed by atoms with E-state index in [1.54, 1.807) is 0 Å². The number of nitrogens with one attached hydrogen (secondary N) is 2. The van der Waals surface area contributed by atoms with Gasteiger partial charge in [0.25, 0.3) is 0 Å². The molecule has 0 aromatic heterocycles. The van der Waals surface area contributed by atoms with E-state index in [1.807, 2.05) is 0 Å². The van der Waals surface area contributed by atoms with Gasteiger partial charge in [-0.3, -0.25) is 4.79 Å². The minimum Gasteiger partial charge on any atom is -0.355 e. The van der Waals surface area contributed by atoms with Crippen LogP contribution in [0, 0.1) is 5.92 Å². The Morgan fingerprint density at radius 3 is 2.65 bits per heavy atom. The van der Waals surface area contributed by atoms with Gasteiger partial charge < -0.3 is 10.6 Å². The van der Waals surface area contributed by atoms with E-state index < -0.39 is 0 Å². The molecule has 2 N–H and O–H groups in total. The fourth-order valence-corrected chi connectivity index (χ4v) is 3.24. The quantitative estimate of drug-likeness (QED) is 0.788. The molecule has 1 amide bonds. The molecule has 2 aliphatic rings. The maximum atomic E-state index is 11.7. The molecule has 1 atom stereocenters. The van der Waals surface area contributed by atoms with E-state index in [9.17, 15) is 4.79 Å². The van der Waals surface area contributed by atoms with E-state index in [0.717, 1.165) is 25.3 Å². The first-order valence-electron chi connectivity index (χ1n) is 7.33. The molecular weight excluding hydrogens is 212 g/mol. The highest BCUT2D eigenvalue weighted by Gasteiger charge is 2.27. The van der Waals surface area contributed by atoms with Crippen LogP contribution >= 0.6 is 0 Å². The molecule has 2 rings (SSSR count). The van der Waals surface area contributed by atoms with Gasteiger partial charge >= 0.3 is 0 Å². The molecule has 1 aliphatic heterocycles. The van der Waals surface area contributed by atoms with Crippen molar-refractivity contribution in [1.29, 1.82) is 0 Å². The van der Waals surface area contributed by atoms with Crippen molar-refractivity contribution in [3.8, 4) is 0 Å². The zero-order valence-corrected chi connectivity index (χ0v) is 11.0. The van der Waals surface area contributed by atoms with Gasteiger partial charge in [0.1, 0.15) is 0 Å². The smallest absolute Gasteiger partial charge is 0.237 e. The van der Waals surface area contributed by atoms with Gasteiger partial charge in [-0.25, -0.2) is 0 Å². The number of hydrogen-bond acceptors (Lipinski definition) is 2. The third-order valence-corrected chi connectivity index (χ3v) is 4.27. The molecular formula is C14H26N2O. The number of carbonyl (C=O) groups excluding carboxylic acids is 1. The predicted octanol–water partition coefficient (Wildman–Crippen LogP) is 2.21. The third kappa shape index (κ3) is 3.70. The fraction of sp³-hybridized carbons (Fsp3) is 0.929. The van der Waals surface area contributed by atoms with Gasteiger partial charge in [0.15, 0.2) is 0 Å². The summed E-state index contributed by atoms with van der Waals surface area (Å²) in [6.45, 7) is 3.14. The van der Waals surface area contributed by atoms with Gasteiger partial charge in [0.2, 0.25) is 5.91 Å². The van der Waals surface area contributed by atoms with E-state index in [1.165, 1.54) is 38.5 Å². The number of amides is 1. The lowest BCUT2D eigenvalue weighted by Gasteiger charge is -2.33. The van der Waals surface area contributed by atoms with Crippen LogP contribution in [-0.2, 0) is 4.79 Å². The molecule has 0 aromatic carbocycles. The maximum absolute atomic E-state index is 11.7. The zero-order chi connectivity index (χ0) is 12.1. The third-order valence-electron chi connectivity index (χ3n) is 4.27. The van der Waals surface area contributed by atoms with Crippen molar-refractivity contribution < 1.29 is 4.79 Å². The Kier molecular flexibility index (Phi) is 4.84. The molecule has 3 nitrogen and oxygen atoms in total. The molecule has 3 heteroatoms. The summed E-state index contributed by atoms with van der Waals surface area (Å²) in [6, 6.07) is 0.661. The van der Waals surface area contributed by atoms with Crippen LogP contribution in [0.2, 0.25) is 0 Å². The summed E-state index contributed by atoms with van der Waals surface area (Å²) in [5.41, 5.74) is 0. The van der Waals surface area contributed by atoms with Crippen molar-refractivity contribution >= 4 is 5.91 Å². The molecule has 1 aliphatic carbocycles. The summed E-state index contributed by atoms with van der Waals surface area (Å²) in [4.78, 5) is 11.7. The second kappa shape index (κ2) is 6.39. The van der Waals surface area contributed by atoms with Crippen molar-refractivity contribution in [2.75, 3.05) is 6.54 Å². The monoisotopic (exact) mass is 238 g/mol. The lowest BCUT2D eigenvalue weighted by atomic mass is 9.83. The Balaban J connectivity index is 1.72. The summed E-state index contributed by atoms with van der Waals surface area (Å²) in [7, 11) is 0. The molecule has 1 saturated heterocycles. The zero-order valence-electron chi connectivity index (χ0n) is 11.0. The summed E-state index contributed by atoms with van der Waals surface area (Å²) < 4.78 is 0. The Labute approximate surface area is 105 Å². The van der Waals surface area contributed by atoms with E-state index in [2.05, 4.69) is 17.6 Å². The number of carbonyl (C=O) groups is 1. The normalized spacial score (nSPS) is 34.4. The minimum absolute atomic E-state index is 0.0801. The molecule has 1 unspecified atom stereocenters. The van der Waals surface area contributed by atoms with Gasteiger partial charge in [-0.15, -0.1) is 0 Å². The van der Waals surface area contributed by atoms with E-state index in [0.29, 0.717) is 6.04 Å². The van der Waals surface area contributed by atoms with Gasteiger partial charge in [0, 0.05) is 12.6 Å². The average Bonchev–Trinajstić information content (AvgIpc) is 2.35. The van der Waals surface area contributed by atoms with Crippen molar-refractivity contribution in [3.05, 3.63) is 0 Å². The van der Waals surface area contributed by atoms with Crippen LogP contribution in [0.15, 0.2) is 0 Å². The minimum atomic E-state index is 0.0801. The Morgan fingerprint density at radius 2 is 2.00 bits per heavy atom. The Hall–Kier alpha value is -0.570. The molecule has 1 heterocycles. The highest BCUT2D eigenvalue weighted by molar-refractivity contribution is 5.82. The summed E-state index contributed by atoms with van der Waals surface area (Å²) >= 11 is 0. The van der Waals surface area contributed by atoms with Crippen LogP contribution in [0.3, 0.4) is 0 Å². The van der Waals surface area contributed by atoms with Crippen molar-refractivity contribution in [3.63, 3.8) is 0 Å². The first-order valence-corrected chi connectivity index (χ1v) is 7.33. The molecule has 1 saturated carbocycles. The second-order valence-electron chi connectivity index (χ2n) is 5.66. The molecule has 0 radical (unpaired) electrons. The van der Waals surface area contributed by atoms with E-state index in [4.69, 9.17) is 0 Å². The highest BCUT2D eigenvalue weighted by Crippen LogP contribution is 2.28. The summed E-state index contributed by atoms with van der Waals surface area (Å²) in [5.74, 6) is 1.16. The first kappa shape index (κ1) is 12.9. The van der Waals surface area contributed by atoms with Crippen LogP contribution in [-0.4, -0.2) is 24.5 Å². The maximum Gasteiger partial charge on any atom is 0.237 e. The van der Waals surface area contributed by atoms with Crippen LogP contribution in [0.4, 0.5) is 0 Å². The topological polar surface area (TPSA) is 41.1 Å². The van der Waals surface area contributed by atoms with Crippen molar-refractivity contribution in [2.45, 2.75) is 70.4 Å². The molecule has 0 spiro atoms. The first-order chi connectivity index (χ1) is 8.29. The molecule has 0 bridgehead atoms. The molecule has 2 fully saturated rings. The van der Waals surface area contributed by atoms with Crippen LogP contribution in [0.1, 0.15) is 58.3 Å². The summed E-state index contributed by atoms with van der Waals surface area (Å²) in [6.07, 6.45) is 10.0. The average molecular weight is 238 g/mol. The molecule has 98 valence electrons. The predicted molar refractivity (Wildman–Crippen MR) is 69.8 cm³/mol. The van der Waals surface area contributed by atoms with Crippen molar-refractivity contribution in [2.24, 2.45) is 5.92 Å². The standard InChI is InChI=1S/C14H26N2O/c1-2-4-11-6-8-12(9-7-11)16-13-5-3-10-15-14(13)17/h11-13,16H,2-10H2,1H3,(H,15,17). The second-order valence-corrected chi connectivity index (χ2v) is 5.66. The largest absolute Gasteiger partial charge is 0.355 e. The van der Waals surface area contributed by atoms with E-state index >= 15 is 0 Å². The van der Waals surface area contributed by atoms with Crippen LogP contribution in [0.25, 0.3) is 0 Å². The lowest BCUT2D eigenvalue weighted by Crippen LogP contribution is -2.52. The molecule has 0 aromatic rings. The number of hydrogen-bond donors (Lipinski definition) is 2. The van der Waals surface area contributed by atoms with Crippen LogP contribution in [0.5, 0.6) is 0 Å². The van der Waals surface area contributed by atoms with Gasteiger partial charge in [0.05, 0.1) is 6.04 Å². The highest BCUT2D eigenvalue weighted by atomic mass is 16.2. The number of piperidine rings is 1. The van der Waals surface area contributed by atoms with Crippen molar-refractivity contribution in [1.82, 2.24) is 10.6 Å². The van der Waals surface area contributed by atoms with Gasteiger partial charge in [-0.2, -0.15) is 0 Å². The Morgan fingerprint density at radius 1 is 1.24 bits per heavy atom. The lowest BCUT2D eigenvalue weighted by molar-refractivity contribution is -0.124. The van der Waals surface area contributed by atoms with E-state index in [-0.39, 0.29) is 11.9 Å². The SMILES string of the molecule is CCCC1CCC(NC2CCCNC2=O)CC1. The van der Waals surface area contributed by atoms with Gasteiger partial charge in [-0.05, 0) is 44.4 Å². The number of rotatable bonds is 4. The molecule has 17 heavy (non-hydrogen) atoms.